The molecule has 3 rings (SSSR count). The molecule has 0 saturated heterocycles. The fraction of sp³-hybridized carbons (Fsp3) is 0.263. The number of nitrogens with zero attached hydrogens (tertiary/aromatic N) is 1. The first-order valence-corrected chi connectivity index (χ1v) is 8.03. The average molecular weight is 325 g/mol. The zero-order chi connectivity index (χ0) is 16.9. The van der Waals surface area contributed by atoms with E-state index in [4.69, 9.17) is 9.57 Å². The number of ether oxygens (including phenoxy) is 1. The van der Waals surface area contributed by atoms with Gasteiger partial charge in [-0.15, -0.1) is 5.06 Å². The van der Waals surface area contributed by atoms with E-state index in [0.717, 1.165) is 29.2 Å². The van der Waals surface area contributed by atoms with Crippen molar-refractivity contribution >= 4 is 11.8 Å². The second kappa shape index (κ2) is 7.27. The summed E-state index contributed by atoms with van der Waals surface area (Å²) in [6.45, 7) is 2.95. The Morgan fingerprint density at radius 2 is 1.54 bits per heavy atom. The fourth-order valence-electron chi connectivity index (χ4n) is 2.44. The Balaban J connectivity index is 1.59. The van der Waals surface area contributed by atoms with Crippen LogP contribution in [0.15, 0.2) is 48.5 Å². The van der Waals surface area contributed by atoms with E-state index < -0.39 is 11.8 Å². The minimum absolute atomic E-state index is 0.140. The molecule has 1 heterocycles. The first-order chi connectivity index (χ1) is 11.7. The molecule has 0 aliphatic carbocycles. The lowest BCUT2D eigenvalue weighted by atomic mass is 10.1. The van der Waals surface area contributed by atoms with Gasteiger partial charge in [-0.1, -0.05) is 37.6 Å². The van der Waals surface area contributed by atoms with Gasteiger partial charge in [-0.3, -0.25) is 14.4 Å². The number of amides is 2. The molecule has 1 aliphatic rings. The summed E-state index contributed by atoms with van der Waals surface area (Å²) in [6, 6.07) is 14.1. The molecule has 0 bridgehead atoms. The van der Waals surface area contributed by atoms with E-state index in [9.17, 15) is 9.59 Å². The fourth-order valence-corrected chi connectivity index (χ4v) is 2.44. The average Bonchev–Trinajstić information content (AvgIpc) is 2.86. The van der Waals surface area contributed by atoms with E-state index in [1.807, 2.05) is 24.3 Å². The molecule has 0 atom stereocenters. The number of unbranched alkanes of at least 4 members (excludes halogenated alkanes) is 1. The molecule has 1 aliphatic heterocycles. The third-order valence-electron chi connectivity index (χ3n) is 3.81. The molecule has 0 saturated carbocycles. The molecule has 0 aromatic heterocycles. The molecule has 124 valence electrons. The van der Waals surface area contributed by atoms with Crippen LogP contribution in [0, 0.1) is 0 Å². The molecule has 0 radical (unpaired) electrons. The molecular formula is C19H19NO4. The summed E-state index contributed by atoms with van der Waals surface area (Å²) in [5.74, 6) is -0.0434. The number of hydrogen-bond donors (Lipinski definition) is 0. The summed E-state index contributed by atoms with van der Waals surface area (Å²) in [5, 5.41) is 0.830. The number of hydrogen-bond acceptors (Lipinski definition) is 4. The maximum atomic E-state index is 12.2. The van der Waals surface area contributed by atoms with E-state index >= 15 is 0 Å². The predicted octanol–water partition coefficient (Wildman–Crippen LogP) is 3.59. The third-order valence-corrected chi connectivity index (χ3v) is 3.81. The van der Waals surface area contributed by atoms with E-state index in [0.29, 0.717) is 17.7 Å². The summed E-state index contributed by atoms with van der Waals surface area (Å²) in [7, 11) is 0. The summed E-state index contributed by atoms with van der Waals surface area (Å²) in [4.78, 5) is 29.8. The number of fused-ring (bicyclic) bond motifs is 1. The van der Waals surface area contributed by atoms with Gasteiger partial charge in [-0.05, 0) is 36.2 Å². The van der Waals surface area contributed by atoms with Crippen LogP contribution < -0.4 is 4.74 Å². The van der Waals surface area contributed by atoms with Crippen LogP contribution in [0.2, 0.25) is 0 Å². The van der Waals surface area contributed by atoms with Gasteiger partial charge < -0.3 is 4.74 Å². The van der Waals surface area contributed by atoms with E-state index in [1.165, 1.54) is 0 Å². The highest BCUT2D eigenvalue weighted by Gasteiger charge is 2.36. The van der Waals surface area contributed by atoms with Crippen LogP contribution in [0.4, 0.5) is 0 Å². The van der Waals surface area contributed by atoms with Gasteiger partial charge in [0.05, 0.1) is 17.7 Å². The molecular weight excluding hydrogens is 306 g/mol. The van der Waals surface area contributed by atoms with Gasteiger partial charge >= 0.3 is 0 Å². The maximum Gasteiger partial charge on any atom is 0.285 e. The number of benzene rings is 2. The Labute approximate surface area is 140 Å². The highest BCUT2D eigenvalue weighted by molar-refractivity contribution is 6.20. The standard InChI is InChI=1S/C19H19NO4/c1-2-3-12-23-15-10-8-14(9-11-15)13-24-20-18(21)16-6-4-5-7-17(16)19(20)22/h4-11H,2-3,12-13H2,1H3. The first kappa shape index (κ1) is 16.2. The van der Waals surface area contributed by atoms with Crippen LogP contribution in [-0.2, 0) is 11.4 Å². The van der Waals surface area contributed by atoms with Crippen molar-refractivity contribution in [3.05, 3.63) is 65.2 Å². The van der Waals surface area contributed by atoms with Crippen molar-refractivity contribution in [2.75, 3.05) is 6.61 Å². The summed E-state index contributed by atoms with van der Waals surface area (Å²) >= 11 is 0. The van der Waals surface area contributed by atoms with Gasteiger partial charge in [-0.2, -0.15) is 0 Å². The lowest BCUT2D eigenvalue weighted by molar-refractivity contribution is -0.101. The molecule has 0 fully saturated rings. The molecule has 24 heavy (non-hydrogen) atoms. The largest absolute Gasteiger partial charge is 0.494 e. The van der Waals surface area contributed by atoms with Crippen molar-refractivity contribution in [2.24, 2.45) is 0 Å². The van der Waals surface area contributed by atoms with Gasteiger partial charge in [0.25, 0.3) is 11.8 Å². The molecule has 5 nitrogen and oxygen atoms in total. The van der Waals surface area contributed by atoms with Crippen molar-refractivity contribution < 1.29 is 19.2 Å². The van der Waals surface area contributed by atoms with Gasteiger partial charge in [0, 0.05) is 0 Å². The van der Waals surface area contributed by atoms with Crippen LogP contribution in [-0.4, -0.2) is 23.5 Å². The van der Waals surface area contributed by atoms with Gasteiger partial charge in [-0.25, -0.2) is 0 Å². The van der Waals surface area contributed by atoms with Gasteiger partial charge in [0.15, 0.2) is 0 Å². The quantitative estimate of drug-likeness (QED) is 0.576. The number of carbonyl (C=O) groups is 2. The monoisotopic (exact) mass is 325 g/mol. The van der Waals surface area contributed by atoms with Crippen molar-refractivity contribution in [3.8, 4) is 5.75 Å². The van der Waals surface area contributed by atoms with Crippen LogP contribution in [0.1, 0.15) is 46.0 Å². The maximum absolute atomic E-state index is 12.2. The third kappa shape index (κ3) is 3.31. The number of imide groups is 1. The zero-order valence-corrected chi connectivity index (χ0v) is 13.5. The molecule has 2 aromatic carbocycles. The Morgan fingerprint density at radius 1 is 0.917 bits per heavy atom. The first-order valence-electron chi connectivity index (χ1n) is 8.03. The second-order valence-corrected chi connectivity index (χ2v) is 5.57. The highest BCUT2D eigenvalue weighted by atomic mass is 16.7. The molecule has 0 spiro atoms. The lowest BCUT2D eigenvalue weighted by Gasteiger charge is -2.13. The molecule has 5 heteroatoms. The van der Waals surface area contributed by atoms with E-state index in [1.54, 1.807) is 24.3 Å². The molecule has 2 aromatic rings. The zero-order valence-electron chi connectivity index (χ0n) is 13.5. The van der Waals surface area contributed by atoms with Crippen LogP contribution in [0.25, 0.3) is 0 Å². The summed E-state index contributed by atoms with van der Waals surface area (Å²) in [5.41, 5.74) is 1.61. The minimum Gasteiger partial charge on any atom is -0.494 e. The van der Waals surface area contributed by atoms with Crippen molar-refractivity contribution in [3.63, 3.8) is 0 Å². The Kier molecular flexibility index (Phi) is 4.91. The van der Waals surface area contributed by atoms with Crippen LogP contribution in [0.3, 0.4) is 0 Å². The highest BCUT2D eigenvalue weighted by Crippen LogP contribution is 2.23. The summed E-state index contributed by atoms with van der Waals surface area (Å²) in [6.07, 6.45) is 2.11. The van der Waals surface area contributed by atoms with Crippen molar-refractivity contribution in [1.82, 2.24) is 5.06 Å². The Bertz CT molecular complexity index is 704. The number of rotatable bonds is 7. The normalized spacial score (nSPS) is 13.3. The molecule has 0 unspecified atom stereocenters. The second-order valence-electron chi connectivity index (χ2n) is 5.57. The van der Waals surface area contributed by atoms with Gasteiger partial charge in [0.2, 0.25) is 0 Å². The lowest BCUT2D eigenvalue weighted by Crippen LogP contribution is -2.29. The Hall–Kier alpha value is -2.66. The SMILES string of the molecule is CCCCOc1ccc(CON2C(=O)c3ccccc3C2=O)cc1. The summed E-state index contributed by atoms with van der Waals surface area (Å²) < 4.78 is 5.60. The van der Waals surface area contributed by atoms with Crippen molar-refractivity contribution in [1.29, 1.82) is 0 Å². The topological polar surface area (TPSA) is 55.8 Å². The smallest absolute Gasteiger partial charge is 0.285 e. The van der Waals surface area contributed by atoms with Crippen LogP contribution >= 0.6 is 0 Å². The predicted molar refractivity (Wildman–Crippen MR) is 88.6 cm³/mol. The number of hydroxylamine groups is 2. The Morgan fingerprint density at radius 3 is 2.12 bits per heavy atom. The van der Waals surface area contributed by atoms with Crippen LogP contribution in [0.5, 0.6) is 5.75 Å². The van der Waals surface area contributed by atoms with E-state index in [2.05, 4.69) is 6.92 Å². The van der Waals surface area contributed by atoms with Gasteiger partial charge in [0.1, 0.15) is 12.4 Å². The molecule has 0 N–H and O–H groups in total. The minimum atomic E-state index is -0.421. The number of carbonyl (C=O) groups excluding carboxylic acids is 2. The van der Waals surface area contributed by atoms with E-state index in [-0.39, 0.29) is 6.61 Å². The molecule has 2 amide bonds. The van der Waals surface area contributed by atoms with Crippen molar-refractivity contribution in [2.45, 2.75) is 26.4 Å².